The highest BCUT2D eigenvalue weighted by atomic mass is 16.5. The molecule has 2 rings (SSSR count). The molecule has 2 aromatic carbocycles. The minimum absolute atomic E-state index is 0.0983. The molecule has 0 fully saturated rings. The summed E-state index contributed by atoms with van der Waals surface area (Å²) in [4.78, 5) is 12.6. The van der Waals surface area contributed by atoms with E-state index in [0.29, 0.717) is 17.7 Å². The molecule has 2 unspecified atom stereocenters. The summed E-state index contributed by atoms with van der Waals surface area (Å²) < 4.78 is 10.8. The van der Waals surface area contributed by atoms with E-state index in [9.17, 15) is 9.90 Å². The van der Waals surface area contributed by atoms with Crippen LogP contribution in [0.4, 0.5) is 0 Å². The summed E-state index contributed by atoms with van der Waals surface area (Å²) in [5, 5.41) is 9.50. The molecule has 0 aliphatic carbocycles. The fraction of sp³-hybridized carbons (Fsp3) is 0.316. The zero-order chi connectivity index (χ0) is 16.7. The number of carbonyl (C=O) groups excluding carboxylic acids is 1. The van der Waals surface area contributed by atoms with Gasteiger partial charge < -0.3 is 14.6 Å². The summed E-state index contributed by atoms with van der Waals surface area (Å²) >= 11 is 0. The quantitative estimate of drug-likeness (QED) is 0.759. The maximum Gasteiger partial charge on any atom is 0.196 e. The molecular formula is C19H22O4. The Labute approximate surface area is 136 Å². The molecule has 4 heteroatoms. The van der Waals surface area contributed by atoms with Gasteiger partial charge >= 0.3 is 0 Å². The highest BCUT2D eigenvalue weighted by molar-refractivity contribution is 6.00. The first kappa shape index (κ1) is 17.2. The lowest BCUT2D eigenvalue weighted by molar-refractivity contribution is 0.0604. The second-order valence-corrected chi connectivity index (χ2v) is 5.29. The van der Waals surface area contributed by atoms with E-state index in [1.165, 1.54) is 7.11 Å². The normalized spacial score (nSPS) is 13.3. The molecule has 0 saturated carbocycles. The molecule has 0 radical (unpaired) electrons. The minimum atomic E-state index is -0.620. The third-order valence-corrected chi connectivity index (χ3v) is 3.63. The molecule has 0 aliphatic rings. The van der Waals surface area contributed by atoms with Crippen LogP contribution in [0, 0.1) is 0 Å². The Bertz CT molecular complexity index is 607. The standard InChI is InChI=1S/C19H22O4/c1-3-16(20)13-23-17-11-9-14(10-12-17)18(21)19(22-2)15-7-5-4-6-8-15/h4-12,16,19-20H,3,13H2,1-2H3. The number of rotatable bonds is 8. The van der Waals surface area contributed by atoms with Crippen LogP contribution in [-0.2, 0) is 4.74 Å². The smallest absolute Gasteiger partial charge is 0.196 e. The van der Waals surface area contributed by atoms with Crippen molar-refractivity contribution in [1.82, 2.24) is 0 Å². The van der Waals surface area contributed by atoms with Crippen LogP contribution < -0.4 is 4.74 Å². The van der Waals surface area contributed by atoms with Crippen molar-refractivity contribution < 1.29 is 19.4 Å². The molecule has 2 atom stereocenters. The van der Waals surface area contributed by atoms with Crippen molar-refractivity contribution >= 4 is 5.78 Å². The lowest BCUT2D eigenvalue weighted by Crippen LogP contribution is -2.16. The summed E-state index contributed by atoms with van der Waals surface area (Å²) in [5.74, 6) is 0.529. The lowest BCUT2D eigenvalue weighted by atomic mass is 10.00. The number of hydrogen-bond donors (Lipinski definition) is 1. The summed E-state index contributed by atoms with van der Waals surface area (Å²) in [7, 11) is 1.53. The molecule has 0 amide bonds. The number of Topliss-reactive ketones (excluding diaryl/α,β-unsaturated/α-hetero) is 1. The van der Waals surface area contributed by atoms with Crippen molar-refractivity contribution in [3.05, 3.63) is 65.7 Å². The van der Waals surface area contributed by atoms with Crippen molar-refractivity contribution in [2.75, 3.05) is 13.7 Å². The topological polar surface area (TPSA) is 55.8 Å². The lowest BCUT2D eigenvalue weighted by Gasteiger charge is -2.15. The van der Waals surface area contributed by atoms with E-state index in [1.54, 1.807) is 24.3 Å². The van der Waals surface area contributed by atoms with Gasteiger partial charge in [0.25, 0.3) is 0 Å². The Morgan fingerprint density at radius 2 is 1.74 bits per heavy atom. The predicted molar refractivity (Wildman–Crippen MR) is 88.8 cm³/mol. The number of ether oxygens (including phenoxy) is 2. The maximum absolute atomic E-state index is 12.6. The Morgan fingerprint density at radius 1 is 1.09 bits per heavy atom. The van der Waals surface area contributed by atoms with Gasteiger partial charge in [-0.1, -0.05) is 37.3 Å². The summed E-state index contributed by atoms with van der Waals surface area (Å²) in [6, 6.07) is 16.3. The fourth-order valence-electron chi connectivity index (χ4n) is 2.20. The van der Waals surface area contributed by atoms with Gasteiger partial charge in [-0.05, 0) is 36.2 Å². The van der Waals surface area contributed by atoms with Gasteiger partial charge in [0.2, 0.25) is 0 Å². The molecule has 0 spiro atoms. The third kappa shape index (κ3) is 4.65. The molecule has 0 aromatic heterocycles. The van der Waals surface area contributed by atoms with Crippen LogP contribution >= 0.6 is 0 Å². The average molecular weight is 314 g/mol. The molecule has 0 saturated heterocycles. The number of methoxy groups -OCH3 is 1. The van der Waals surface area contributed by atoms with Crippen molar-refractivity contribution in [2.45, 2.75) is 25.6 Å². The molecule has 23 heavy (non-hydrogen) atoms. The van der Waals surface area contributed by atoms with E-state index in [0.717, 1.165) is 5.56 Å². The van der Waals surface area contributed by atoms with Gasteiger partial charge in [-0.2, -0.15) is 0 Å². The summed E-state index contributed by atoms with van der Waals surface area (Å²) in [6.07, 6.45) is -0.458. The van der Waals surface area contributed by atoms with Crippen LogP contribution in [0.2, 0.25) is 0 Å². The number of hydrogen-bond acceptors (Lipinski definition) is 4. The average Bonchev–Trinajstić information content (AvgIpc) is 2.61. The molecule has 4 nitrogen and oxygen atoms in total. The molecule has 1 N–H and O–H groups in total. The monoisotopic (exact) mass is 314 g/mol. The van der Waals surface area contributed by atoms with Crippen LogP contribution in [0.5, 0.6) is 5.75 Å². The molecular weight excluding hydrogens is 292 g/mol. The van der Waals surface area contributed by atoms with Crippen molar-refractivity contribution in [1.29, 1.82) is 0 Å². The van der Waals surface area contributed by atoms with Gasteiger partial charge in [0.15, 0.2) is 5.78 Å². The van der Waals surface area contributed by atoms with E-state index in [2.05, 4.69) is 0 Å². The zero-order valence-electron chi connectivity index (χ0n) is 13.4. The fourth-order valence-corrected chi connectivity index (χ4v) is 2.20. The molecule has 0 aliphatic heterocycles. The Morgan fingerprint density at radius 3 is 2.30 bits per heavy atom. The second-order valence-electron chi connectivity index (χ2n) is 5.29. The first-order chi connectivity index (χ1) is 11.2. The van der Waals surface area contributed by atoms with E-state index in [-0.39, 0.29) is 12.4 Å². The SMILES string of the molecule is CCC(O)COc1ccc(C(=O)C(OC)c2ccccc2)cc1. The highest BCUT2D eigenvalue weighted by Crippen LogP contribution is 2.23. The first-order valence-electron chi connectivity index (χ1n) is 7.68. The highest BCUT2D eigenvalue weighted by Gasteiger charge is 2.21. The summed E-state index contributed by atoms with van der Waals surface area (Å²) in [6.45, 7) is 2.14. The van der Waals surface area contributed by atoms with Crippen LogP contribution in [0.3, 0.4) is 0 Å². The van der Waals surface area contributed by atoms with Crippen LogP contribution in [0.25, 0.3) is 0 Å². The Hall–Kier alpha value is -2.17. The predicted octanol–water partition coefficient (Wildman–Crippen LogP) is 3.41. The van der Waals surface area contributed by atoms with Gasteiger partial charge in [0.1, 0.15) is 18.5 Å². The molecule has 122 valence electrons. The van der Waals surface area contributed by atoms with Crippen LogP contribution in [0.15, 0.2) is 54.6 Å². The van der Waals surface area contributed by atoms with Crippen LogP contribution in [-0.4, -0.2) is 30.7 Å². The van der Waals surface area contributed by atoms with Crippen molar-refractivity contribution in [3.63, 3.8) is 0 Å². The number of carbonyl (C=O) groups is 1. The van der Waals surface area contributed by atoms with Gasteiger partial charge in [-0.15, -0.1) is 0 Å². The number of ketones is 1. The number of aliphatic hydroxyl groups excluding tert-OH is 1. The van der Waals surface area contributed by atoms with E-state index in [4.69, 9.17) is 9.47 Å². The van der Waals surface area contributed by atoms with E-state index in [1.807, 2.05) is 37.3 Å². The molecule has 0 bridgehead atoms. The Kier molecular flexibility index (Phi) is 6.32. The van der Waals surface area contributed by atoms with Gasteiger partial charge in [-0.3, -0.25) is 4.79 Å². The molecule has 2 aromatic rings. The largest absolute Gasteiger partial charge is 0.491 e. The maximum atomic E-state index is 12.6. The summed E-state index contributed by atoms with van der Waals surface area (Å²) in [5.41, 5.74) is 1.38. The van der Waals surface area contributed by atoms with Crippen molar-refractivity contribution in [3.8, 4) is 5.75 Å². The van der Waals surface area contributed by atoms with Gasteiger partial charge in [0, 0.05) is 12.7 Å². The van der Waals surface area contributed by atoms with Crippen molar-refractivity contribution in [2.24, 2.45) is 0 Å². The van der Waals surface area contributed by atoms with Crippen LogP contribution in [0.1, 0.15) is 35.4 Å². The zero-order valence-corrected chi connectivity index (χ0v) is 13.4. The Balaban J connectivity index is 2.07. The minimum Gasteiger partial charge on any atom is -0.491 e. The number of benzene rings is 2. The molecule has 0 heterocycles. The first-order valence-corrected chi connectivity index (χ1v) is 7.68. The number of aliphatic hydroxyl groups is 1. The van der Waals surface area contributed by atoms with E-state index >= 15 is 0 Å². The van der Waals surface area contributed by atoms with E-state index < -0.39 is 12.2 Å². The third-order valence-electron chi connectivity index (χ3n) is 3.63. The van der Waals surface area contributed by atoms with Gasteiger partial charge in [0.05, 0.1) is 6.10 Å². The van der Waals surface area contributed by atoms with Gasteiger partial charge in [-0.25, -0.2) is 0 Å². The second kappa shape index (κ2) is 8.46.